The van der Waals surface area contributed by atoms with Crippen LogP contribution in [0.4, 0.5) is 0 Å². The number of amides is 1. The SMILES string of the molecule is Cl.O=C(CCCC1CCCC1)NCC1CCCNC1. The van der Waals surface area contributed by atoms with Crippen LogP contribution in [-0.4, -0.2) is 25.5 Å². The van der Waals surface area contributed by atoms with Crippen LogP contribution in [0.25, 0.3) is 0 Å². The molecule has 3 nitrogen and oxygen atoms in total. The Kier molecular flexibility index (Phi) is 8.47. The zero-order chi connectivity index (χ0) is 12.6. The number of carbonyl (C=O) groups excluding carboxylic acids is 1. The van der Waals surface area contributed by atoms with E-state index < -0.39 is 0 Å². The minimum atomic E-state index is 0. The summed E-state index contributed by atoms with van der Waals surface area (Å²) in [4.78, 5) is 11.7. The first-order valence-electron chi connectivity index (χ1n) is 7.82. The zero-order valence-corrected chi connectivity index (χ0v) is 12.8. The van der Waals surface area contributed by atoms with Gasteiger partial charge >= 0.3 is 0 Å². The van der Waals surface area contributed by atoms with Gasteiger partial charge in [0.15, 0.2) is 0 Å². The van der Waals surface area contributed by atoms with Gasteiger partial charge in [0.25, 0.3) is 0 Å². The van der Waals surface area contributed by atoms with Gasteiger partial charge in [-0.3, -0.25) is 4.79 Å². The molecule has 1 atom stereocenters. The molecule has 0 bridgehead atoms. The van der Waals surface area contributed by atoms with Crippen molar-refractivity contribution in [2.24, 2.45) is 11.8 Å². The highest BCUT2D eigenvalue weighted by atomic mass is 35.5. The fourth-order valence-electron chi connectivity index (χ4n) is 3.30. The molecule has 0 radical (unpaired) electrons. The van der Waals surface area contributed by atoms with Crippen molar-refractivity contribution in [3.63, 3.8) is 0 Å². The van der Waals surface area contributed by atoms with Crippen molar-refractivity contribution in [2.45, 2.75) is 57.8 Å². The molecule has 1 aliphatic heterocycles. The molecule has 19 heavy (non-hydrogen) atoms. The molecule has 2 rings (SSSR count). The summed E-state index contributed by atoms with van der Waals surface area (Å²) in [7, 11) is 0. The first-order chi connectivity index (χ1) is 8.84. The Morgan fingerprint density at radius 2 is 1.84 bits per heavy atom. The zero-order valence-electron chi connectivity index (χ0n) is 12.0. The predicted molar refractivity (Wildman–Crippen MR) is 81.7 cm³/mol. The molecular weight excluding hydrogens is 260 g/mol. The first-order valence-corrected chi connectivity index (χ1v) is 7.82. The number of rotatable bonds is 6. The standard InChI is InChI=1S/C15H28N2O.ClH/c18-15(9-3-7-13-5-1-2-6-13)17-12-14-8-4-10-16-11-14;/h13-14,16H,1-12H2,(H,17,18);1H. The second-order valence-corrected chi connectivity index (χ2v) is 6.06. The van der Waals surface area contributed by atoms with Crippen LogP contribution in [0.3, 0.4) is 0 Å². The predicted octanol–water partition coefficient (Wildman–Crippen LogP) is 2.88. The van der Waals surface area contributed by atoms with E-state index in [0.29, 0.717) is 5.92 Å². The molecule has 2 N–H and O–H groups in total. The Labute approximate surface area is 123 Å². The minimum absolute atomic E-state index is 0. The molecule has 1 heterocycles. The van der Waals surface area contributed by atoms with Crippen molar-refractivity contribution >= 4 is 18.3 Å². The first kappa shape index (κ1) is 16.8. The van der Waals surface area contributed by atoms with E-state index in [1.807, 2.05) is 0 Å². The maximum Gasteiger partial charge on any atom is 0.220 e. The summed E-state index contributed by atoms with van der Waals surface area (Å²) in [5.41, 5.74) is 0. The summed E-state index contributed by atoms with van der Waals surface area (Å²) in [6.45, 7) is 3.09. The van der Waals surface area contributed by atoms with Crippen LogP contribution in [-0.2, 0) is 4.79 Å². The van der Waals surface area contributed by atoms with Crippen molar-refractivity contribution in [1.29, 1.82) is 0 Å². The Hall–Kier alpha value is -0.280. The summed E-state index contributed by atoms with van der Waals surface area (Å²) in [6, 6.07) is 0. The van der Waals surface area contributed by atoms with Crippen molar-refractivity contribution in [3.05, 3.63) is 0 Å². The van der Waals surface area contributed by atoms with E-state index >= 15 is 0 Å². The molecule has 0 aromatic heterocycles. The molecule has 0 aromatic rings. The van der Waals surface area contributed by atoms with Crippen molar-refractivity contribution in [1.82, 2.24) is 10.6 Å². The van der Waals surface area contributed by atoms with Gasteiger partial charge in [-0.2, -0.15) is 0 Å². The number of piperidine rings is 1. The fraction of sp³-hybridized carbons (Fsp3) is 0.933. The van der Waals surface area contributed by atoms with Gasteiger partial charge in [0.1, 0.15) is 0 Å². The molecule has 2 aliphatic rings. The highest BCUT2D eigenvalue weighted by molar-refractivity contribution is 5.85. The summed E-state index contributed by atoms with van der Waals surface area (Å²) in [5, 5.41) is 6.49. The summed E-state index contributed by atoms with van der Waals surface area (Å²) < 4.78 is 0. The summed E-state index contributed by atoms with van der Waals surface area (Å²) in [5.74, 6) is 1.83. The topological polar surface area (TPSA) is 41.1 Å². The fourth-order valence-corrected chi connectivity index (χ4v) is 3.30. The number of carbonyl (C=O) groups is 1. The number of halogens is 1. The lowest BCUT2D eigenvalue weighted by molar-refractivity contribution is -0.121. The van der Waals surface area contributed by atoms with Crippen LogP contribution >= 0.6 is 12.4 Å². The van der Waals surface area contributed by atoms with Crippen LogP contribution in [0, 0.1) is 11.8 Å². The quantitative estimate of drug-likeness (QED) is 0.789. The Morgan fingerprint density at radius 1 is 1.11 bits per heavy atom. The van der Waals surface area contributed by atoms with Gasteiger partial charge in [-0.15, -0.1) is 12.4 Å². The normalized spacial score (nSPS) is 23.9. The lowest BCUT2D eigenvalue weighted by Crippen LogP contribution is -2.38. The lowest BCUT2D eigenvalue weighted by atomic mass is 9.99. The molecule has 4 heteroatoms. The third-order valence-corrected chi connectivity index (χ3v) is 4.48. The Bertz CT molecular complexity index is 249. The third-order valence-electron chi connectivity index (χ3n) is 4.48. The monoisotopic (exact) mass is 288 g/mol. The average molecular weight is 289 g/mol. The van der Waals surface area contributed by atoms with Crippen LogP contribution in [0.5, 0.6) is 0 Å². The highest BCUT2D eigenvalue weighted by Gasteiger charge is 2.16. The average Bonchev–Trinajstić information content (AvgIpc) is 2.91. The van der Waals surface area contributed by atoms with Crippen molar-refractivity contribution < 1.29 is 4.79 Å². The van der Waals surface area contributed by atoms with Gasteiger partial charge in [0, 0.05) is 13.0 Å². The molecule has 0 spiro atoms. The summed E-state index contributed by atoms with van der Waals surface area (Å²) >= 11 is 0. The lowest BCUT2D eigenvalue weighted by Gasteiger charge is -2.22. The van der Waals surface area contributed by atoms with Gasteiger partial charge in [0.05, 0.1) is 0 Å². The second kappa shape index (κ2) is 9.60. The molecule has 1 amide bonds. The molecule has 2 fully saturated rings. The Morgan fingerprint density at radius 3 is 2.53 bits per heavy atom. The van der Waals surface area contributed by atoms with E-state index in [2.05, 4.69) is 10.6 Å². The van der Waals surface area contributed by atoms with E-state index in [-0.39, 0.29) is 18.3 Å². The molecule has 0 aromatic carbocycles. The van der Waals surface area contributed by atoms with E-state index in [1.54, 1.807) is 0 Å². The van der Waals surface area contributed by atoms with E-state index in [9.17, 15) is 4.79 Å². The molecule has 1 unspecified atom stereocenters. The number of nitrogens with one attached hydrogen (secondary N) is 2. The number of hydrogen-bond donors (Lipinski definition) is 2. The number of hydrogen-bond acceptors (Lipinski definition) is 2. The highest BCUT2D eigenvalue weighted by Crippen LogP contribution is 2.28. The molecule has 1 saturated heterocycles. The Balaban J connectivity index is 0.00000180. The van der Waals surface area contributed by atoms with Gasteiger partial charge in [-0.05, 0) is 50.6 Å². The molecule has 1 saturated carbocycles. The van der Waals surface area contributed by atoms with Crippen LogP contribution in [0.15, 0.2) is 0 Å². The maximum absolute atomic E-state index is 11.7. The van der Waals surface area contributed by atoms with Crippen LogP contribution < -0.4 is 10.6 Å². The van der Waals surface area contributed by atoms with E-state index in [4.69, 9.17) is 0 Å². The van der Waals surface area contributed by atoms with Crippen molar-refractivity contribution in [2.75, 3.05) is 19.6 Å². The van der Waals surface area contributed by atoms with Crippen molar-refractivity contribution in [3.8, 4) is 0 Å². The smallest absolute Gasteiger partial charge is 0.220 e. The summed E-state index contributed by atoms with van der Waals surface area (Å²) in [6.07, 6.45) is 11.2. The van der Waals surface area contributed by atoms with Gasteiger partial charge in [0.2, 0.25) is 5.91 Å². The van der Waals surface area contributed by atoms with Crippen LogP contribution in [0.2, 0.25) is 0 Å². The second-order valence-electron chi connectivity index (χ2n) is 6.06. The minimum Gasteiger partial charge on any atom is -0.356 e. The van der Waals surface area contributed by atoms with Crippen LogP contribution in [0.1, 0.15) is 57.8 Å². The maximum atomic E-state index is 11.7. The van der Waals surface area contributed by atoms with Gasteiger partial charge in [-0.25, -0.2) is 0 Å². The largest absolute Gasteiger partial charge is 0.356 e. The molecular formula is C15H29ClN2O. The van der Waals surface area contributed by atoms with Gasteiger partial charge < -0.3 is 10.6 Å². The molecule has 112 valence electrons. The van der Waals surface area contributed by atoms with E-state index in [0.717, 1.165) is 38.4 Å². The molecule has 1 aliphatic carbocycles. The van der Waals surface area contributed by atoms with E-state index in [1.165, 1.54) is 44.9 Å². The van der Waals surface area contributed by atoms with Gasteiger partial charge in [-0.1, -0.05) is 25.7 Å². The third kappa shape index (κ3) is 6.62.